The number of benzene rings is 1. The summed E-state index contributed by atoms with van der Waals surface area (Å²) >= 11 is 0. The maximum atomic E-state index is 13.4. The Hall–Kier alpha value is -2.28. The zero-order valence-electron chi connectivity index (χ0n) is 11.4. The first-order valence-electron chi connectivity index (χ1n) is 6.70. The predicted octanol–water partition coefficient (Wildman–Crippen LogP) is 1.82. The number of aliphatic hydroxyl groups is 1. The molecule has 1 fully saturated rings. The SMILES string of the molecule is N=C/C=N\Nc1ccc(F)cc1C(=O)N1CCCC[C@H]1O. The normalized spacial score (nSPS) is 18.8. The maximum absolute atomic E-state index is 13.4. The smallest absolute Gasteiger partial charge is 0.258 e. The van der Waals surface area contributed by atoms with E-state index in [1.807, 2.05) is 0 Å². The first-order chi connectivity index (χ1) is 10.1. The lowest BCUT2D eigenvalue weighted by atomic mass is 10.1. The van der Waals surface area contributed by atoms with Crippen LogP contribution >= 0.6 is 0 Å². The molecule has 3 N–H and O–H groups in total. The van der Waals surface area contributed by atoms with Gasteiger partial charge in [0.15, 0.2) is 0 Å². The van der Waals surface area contributed by atoms with E-state index in [1.165, 1.54) is 23.2 Å². The molecular weight excluding hydrogens is 275 g/mol. The fraction of sp³-hybridized carbons (Fsp3) is 0.357. The number of carbonyl (C=O) groups is 1. The first-order valence-corrected chi connectivity index (χ1v) is 6.70. The van der Waals surface area contributed by atoms with Gasteiger partial charge in [-0.2, -0.15) is 5.10 Å². The Morgan fingerprint density at radius 3 is 3.05 bits per heavy atom. The van der Waals surface area contributed by atoms with Gasteiger partial charge in [-0.05, 0) is 37.5 Å². The Balaban J connectivity index is 2.27. The van der Waals surface area contributed by atoms with Crippen LogP contribution in [0, 0.1) is 11.2 Å². The summed E-state index contributed by atoms with van der Waals surface area (Å²) in [5.74, 6) is -0.972. The number of nitrogens with one attached hydrogen (secondary N) is 2. The van der Waals surface area contributed by atoms with Gasteiger partial charge in [0.25, 0.3) is 5.91 Å². The van der Waals surface area contributed by atoms with Crippen LogP contribution in [0.2, 0.25) is 0 Å². The standard InChI is InChI=1S/C14H17FN4O2/c15-10-4-5-12(18-17-7-6-16)11(9-10)14(21)19-8-2-1-3-13(19)20/h4-7,9,13,16,18,20H,1-3,8H2/b16-6?,17-7-/t13-/m1/s1. The third-order valence-corrected chi connectivity index (χ3v) is 3.28. The molecule has 0 radical (unpaired) electrons. The average molecular weight is 292 g/mol. The predicted molar refractivity (Wildman–Crippen MR) is 78.2 cm³/mol. The summed E-state index contributed by atoms with van der Waals surface area (Å²) < 4.78 is 13.4. The molecule has 6 nitrogen and oxygen atoms in total. The Labute approximate surface area is 121 Å². The number of hydrogen-bond acceptors (Lipinski definition) is 5. The lowest BCUT2D eigenvalue weighted by Crippen LogP contribution is -2.43. The third kappa shape index (κ3) is 3.63. The number of hydrogen-bond donors (Lipinski definition) is 3. The molecule has 1 aliphatic heterocycles. The number of likely N-dealkylation sites (tertiary alicyclic amines) is 1. The average Bonchev–Trinajstić information content (AvgIpc) is 2.49. The quantitative estimate of drug-likeness (QED) is 0.584. The van der Waals surface area contributed by atoms with Crippen molar-refractivity contribution in [2.45, 2.75) is 25.5 Å². The Bertz CT molecular complexity index is 562. The van der Waals surface area contributed by atoms with Crippen molar-refractivity contribution < 1.29 is 14.3 Å². The highest BCUT2D eigenvalue weighted by Crippen LogP contribution is 2.23. The van der Waals surface area contributed by atoms with Crippen LogP contribution in [0.25, 0.3) is 0 Å². The minimum Gasteiger partial charge on any atom is -0.374 e. The second kappa shape index (κ2) is 6.94. The number of halogens is 1. The highest BCUT2D eigenvalue weighted by Gasteiger charge is 2.27. The number of anilines is 1. The molecule has 1 aromatic carbocycles. The molecule has 1 saturated heterocycles. The zero-order chi connectivity index (χ0) is 15.2. The topological polar surface area (TPSA) is 88.8 Å². The summed E-state index contributed by atoms with van der Waals surface area (Å²) in [6.45, 7) is 0.444. The fourth-order valence-electron chi connectivity index (χ4n) is 2.24. The van der Waals surface area contributed by atoms with Gasteiger partial charge in [0.2, 0.25) is 0 Å². The zero-order valence-corrected chi connectivity index (χ0v) is 11.4. The number of amides is 1. The molecule has 1 heterocycles. The molecule has 0 aromatic heterocycles. The van der Waals surface area contributed by atoms with E-state index >= 15 is 0 Å². The van der Waals surface area contributed by atoms with Crippen LogP contribution in [0.3, 0.4) is 0 Å². The van der Waals surface area contributed by atoms with Crippen LogP contribution in [-0.2, 0) is 0 Å². The number of hydrazone groups is 1. The first kappa shape index (κ1) is 15.1. The number of piperidine rings is 1. The van der Waals surface area contributed by atoms with E-state index in [9.17, 15) is 14.3 Å². The monoisotopic (exact) mass is 292 g/mol. The molecule has 0 saturated carbocycles. The molecular formula is C14H17FN4O2. The van der Waals surface area contributed by atoms with Crippen molar-refractivity contribution >= 4 is 24.0 Å². The van der Waals surface area contributed by atoms with Gasteiger partial charge in [-0.25, -0.2) is 4.39 Å². The molecule has 21 heavy (non-hydrogen) atoms. The van der Waals surface area contributed by atoms with Gasteiger partial charge in [0, 0.05) is 12.8 Å². The van der Waals surface area contributed by atoms with E-state index in [4.69, 9.17) is 5.41 Å². The van der Waals surface area contributed by atoms with E-state index in [0.717, 1.165) is 25.1 Å². The van der Waals surface area contributed by atoms with Gasteiger partial charge in [-0.3, -0.25) is 10.2 Å². The summed E-state index contributed by atoms with van der Waals surface area (Å²) in [6, 6.07) is 3.73. The Morgan fingerprint density at radius 1 is 1.52 bits per heavy atom. The molecule has 112 valence electrons. The van der Waals surface area contributed by atoms with Gasteiger partial charge in [0.1, 0.15) is 12.0 Å². The molecule has 1 aliphatic rings. The van der Waals surface area contributed by atoms with Crippen LogP contribution < -0.4 is 5.43 Å². The summed E-state index contributed by atoms with van der Waals surface area (Å²) in [5, 5.41) is 20.5. The van der Waals surface area contributed by atoms with E-state index in [-0.39, 0.29) is 5.56 Å². The van der Waals surface area contributed by atoms with E-state index in [0.29, 0.717) is 18.7 Å². The summed E-state index contributed by atoms with van der Waals surface area (Å²) in [6.07, 6.45) is 3.54. The minimum absolute atomic E-state index is 0.109. The highest BCUT2D eigenvalue weighted by atomic mass is 19.1. The van der Waals surface area contributed by atoms with Crippen molar-refractivity contribution in [3.63, 3.8) is 0 Å². The van der Waals surface area contributed by atoms with Gasteiger partial charge in [-0.1, -0.05) is 0 Å². The molecule has 0 aliphatic carbocycles. The molecule has 7 heteroatoms. The fourth-order valence-corrected chi connectivity index (χ4v) is 2.24. The van der Waals surface area contributed by atoms with E-state index < -0.39 is 18.0 Å². The van der Waals surface area contributed by atoms with Crippen LogP contribution in [0.15, 0.2) is 23.3 Å². The lowest BCUT2D eigenvalue weighted by Gasteiger charge is -2.32. The largest absolute Gasteiger partial charge is 0.374 e. The van der Waals surface area contributed by atoms with Crippen LogP contribution in [0.1, 0.15) is 29.6 Å². The number of rotatable bonds is 4. The lowest BCUT2D eigenvalue weighted by molar-refractivity contribution is -0.0119. The second-order valence-electron chi connectivity index (χ2n) is 4.72. The summed E-state index contributed by atoms with van der Waals surface area (Å²) in [7, 11) is 0. The van der Waals surface area contributed by atoms with Crippen molar-refractivity contribution in [1.82, 2.24) is 4.90 Å². The molecule has 0 unspecified atom stereocenters. The second-order valence-corrected chi connectivity index (χ2v) is 4.72. The van der Waals surface area contributed by atoms with Gasteiger partial charge >= 0.3 is 0 Å². The van der Waals surface area contributed by atoms with Crippen molar-refractivity contribution in [3.8, 4) is 0 Å². The molecule has 1 atom stereocenters. The number of nitrogens with zero attached hydrogens (tertiary/aromatic N) is 2. The number of carbonyl (C=O) groups excluding carboxylic acids is 1. The van der Waals surface area contributed by atoms with Gasteiger partial charge in [0.05, 0.1) is 17.5 Å². The Morgan fingerprint density at radius 2 is 2.33 bits per heavy atom. The molecule has 2 rings (SSSR count). The summed E-state index contributed by atoms with van der Waals surface area (Å²) in [4.78, 5) is 13.8. The van der Waals surface area contributed by atoms with Gasteiger partial charge in [-0.15, -0.1) is 0 Å². The molecule has 0 bridgehead atoms. The third-order valence-electron chi connectivity index (χ3n) is 3.28. The van der Waals surface area contributed by atoms with Crippen LogP contribution in [-0.4, -0.2) is 41.1 Å². The summed E-state index contributed by atoms with van der Waals surface area (Å²) in [5.41, 5.74) is 3.04. The van der Waals surface area contributed by atoms with Crippen molar-refractivity contribution in [3.05, 3.63) is 29.6 Å². The van der Waals surface area contributed by atoms with Crippen molar-refractivity contribution in [2.75, 3.05) is 12.0 Å². The number of aliphatic hydroxyl groups excluding tert-OH is 1. The van der Waals surface area contributed by atoms with Crippen molar-refractivity contribution in [1.29, 1.82) is 5.41 Å². The van der Waals surface area contributed by atoms with Crippen LogP contribution in [0.4, 0.5) is 10.1 Å². The van der Waals surface area contributed by atoms with Crippen LogP contribution in [0.5, 0.6) is 0 Å². The van der Waals surface area contributed by atoms with E-state index in [1.54, 1.807) is 0 Å². The molecule has 1 amide bonds. The maximum Gasteiger partial charge on any atom is 0.258 e. The van der Waals surface area contributed by atoms with E-state index in [2.05, 4.69) is 10.5 Å². The van der Waals surface area contributed by atoms with Gasteiger partial charge < -0.3 is 15.4 Å². The molecule has 1 aromatic rings. The Kier molecular flexibility index (Phi) is 4.99. The highest BCUT2D eigenvalue weighted by molar-refractivity contribution is 6.14. The minimum atomic E-state index is -0.840. The van der Waals surface area contributed by atoms with Crippen molar-refractivity contribution in [2.24, 2.45) is 5.10 Å². The molecule has 0 spiro atoms.